The lowest BCUT2D eigenvalue weighted by Crippen LogP contribution is -1.92. The van der Waals surface area contributed by atoms with Gasteiger partial charge in [-0.15, -0.1) is 0 Å². The maximum atomic E-state index is 5.10. The minimum Gasteiger partial charge on any atom is -0.254 e. The van der Waals surface area contributed by atoms with Gasteiger partial charge in [-0.2, -0.15) is 0 Å². The third-order valence-electron chi connectivity index (χ3n) is 9.85. The van der Waals surface area contributed by atoms with E-state index < -0.39 is 0 Å². The second-order valence-electron chi connectivity index (χ2n) is 12.6. The Labute approximate surface area is 277 Å². The highest BCUT2D eigenvalue weighted by Gasteiger charge is 2.18. The van der Waals surface area contributed by atoms with Crippen molar-refractivity contribution < 1.29 is 0 Å². The van der Waals surface area contributed by atoms with Gasteiger partial charge < -0.3 is 0 Å². The largest absolute Gasteiger partial charge is 0.254 e. The van der Waals surface area contributed by atoms with E-state index in [1.807, 2.05) is 12.3 Å². The fourth-order valence-corrected chi connectivity index (χ4v) is 7.62. The first-order chi connectivity index (χ1) is 23.8. The van der Waals surface area contributed by atoms with Crippen LogP contribution in [0.5, 0.6) is 0 Å². The highest BCUT2D eigenvalue weighted by atomic mass is 14.7. The molecule has 2 heterocycles. The molecule has 0 bridgehead atoms. The van der Waals surface area contributed by atoms with Gasteiger partial charge in [0.2, 0.25) is 0 Å². The normalized spacial score (nSPS) is 11.8. The number of pyridine rings is 2. The zero-order chi connectivity index (χ0) is 31.6. The number of nitrogens with zero attached hydrogens (tertiary/aromatic N) is 2. The van der Waals surface area contributed by atoms with E-state index in [-0.39, 0.29) is 0 Å². The Morgan fingerprint density at radius 3 is 1.62 bits per heavy atom. The van der Waals surface area contributed by atoms with Gasteiger partial charge in [0.25, 0.3) is 0 Å². The van der Waals surface area contributed by atoms with Crippen LogP contribution in [0, 0.1) is 0 Å². The van der Waals surface area contributed by atoms with Crippen molar-refractivity contribution >= 4 is 64.9 Å². The van der Waals surface area contributed by atoms with Crippen molar-refractivity contribution in [2.45, 2.75) is 0 Å². The van der Waals surface area contributed by atoms with Gasteiger partial charge in [0.05, 0.1) is 16.7 Å². The van der Waals surface area contributed by atoms with E-state index >= 15 is 0 Å². The third-order valence-corrected chi connectivity index (χ3v) is 9.85. The molecular weight excluding hydrogens is 581 g/mol. The van der Waals surface area contributed by atoms with Crippen molar-refractivity contribution in [1.29, 1.82) is 0 Å². The summed E-state index contributed by atoms with van der Waals surface area (Å²) in [4.78, 5) is 9.75. The monoisotopic (exact) mass is 608 g/mol. The van der Waals surface area contributed by atoms with Crippen molar-refractivity contribution in [2.24, 2.45) is 0 Å². The maximum absolute atomic E-state index is 5.10. The fraction of sp³-hybridized carbons (Fsp3) is 0. The topological polar surface area (TPSA) is 25.8 Å². The molecule has 0 saturated carbocycles. The van der Waals surface area contributed by atoms with E-state index in [1.54, 1.807) is 0 Å². The molecule has 10 aromatic rings. The average Bonchev–Trinajstić information content (AvgIpc) is 3.16. The molecule has 222 valence electrons. The van der Waals surface area contributed by atoms with Gasteiger partial charge in [0.1, 0.15) is 0 Å². The van der Waals surface area contributed by atoms with E-state index in [0.29, 0.717) is 0 Å². The predicted octanol–water partition coefficient (Wildman–Crippen LogP) is 12.4. The lowest BCUT2D eigenvalue weighted by molar-refractivity contribution is 1.37. The van der Waals surface area contributed by atoms with Crippen LogP contribution in [0.3, 0.4) is 0 Å². The zero-order valence-corrected chi connectivity index (χ0v) is 26.1. The number of aromatic nitrogens is 2. The SMILES string of the molecule is c1ccc2c(-c3c4ccccc4c(-c4ccc5cc(-c6ccc7ccc8cccnc8c7n6)ccc5c4)c4ccccc34)cccc2c1. The van der Waals surface area contributed by atoms with Crippen molar-refractivity contribution in [1.82, 2.24) is 9.97 Å². The molecule has 0 atom stereocenters. The van der Waals surface area contributed by atoms with Gasteiger partial charge in [-0.05, 0) is 89.6 Å². The molecule has 0 aliphatic rings. The van der Waals surface area contributed by atoms with Gasteiger partial charge in [-0.25, -0.2) is 4.98 Å². The summed E-state index contributed by atoms with van der Waals surface area (Å²) in [6, 6.07) is 59.3. The van der Waals surface area contributed by atoms with Crippen molar-refractivity contribution in [2.75, 3.05) is 0 Å². The van der Waals surface area contributed by atoms with E-state index in [2.05, 4.69) is 163 Å². The first kappa shape index (κ1) is 26.8. The Hall–Kier alpha value is -6.38. The quantitative estimate of drug-likeness (QED) is 0.147. The van der Waals surface area contributed by atoms with Gasteiger partial charge in [-0.3, -0.25) is 4.98 Å². The van der Waals surface area contributed by atoms with E-state index in [1.165, 1.54) is 65.3 Å². The smallest absolute Gasteiger partial charge is 0.0972 e. The minimum absolute atomic E-state index is 0.937. The summed E-state index contributed by atoms with van der Waals surface area (Å²) in [5.41, 5.74) is 8.97. The zero-order valence-electron chi connectivity index (χ0n) is 26.1. The first-order valence-electron chi connectivity index (χ1n) is 16.4. The second-order valence-corrected chi connectivity index (χ2v) is 12.6. The van der Waals surface area contributed by atoms with Crippen molar-refractivity contribution in [3.05, 3.63) is 170 Å². The summed E-state index contributed by atoms with van der Waals surface area (Å²) < 4.78 is 0. The average molecular weight is 609 g/mol. The summed E-state index contributed by atoms with van der Waals surface area (Å²) >= 11 is 0. The lowest BCUT2D eigenvalue weighted by Gasteiger charge is -2.19. The van der Waals surface area contributed by atoms with E-state index in [0.717, 1.165) is 33.1 Å². The number of benzene rings is 8. The Kier molecular flexibility index (Phi) is 5.91. The molecule has 0 amide bonds. The van der Waals surface area contributed by atoms with Gasteiger partial charge >= 0.3 is 0 Å². The number of rotatable bonds is 3. The number of hydrogen-bond acceptors (Lipinski definition) is 2. The molecule has 0 unspecified atom stereocenters. The molecule has 0 fully saturated rings. The fourth-order valence-electron chi connectivity index (χ4n) is 7.62. The van der Waals surface area contributed by atoms with Gasteiger partial charge in [-0.1, -0.05) is 140 Å². The Morgan fingerprint density at radius 2 is 0.875 bits per heavy atom. The minimum atomic E-state index is 0.937. The van der Waals surface area contributed by atoms with Crippen LogP contribution in [0.2, 0.25) is 0 Å². The van der Waals surface area contributed by atoms with Crippen LogP contribution >= 0.6 is 0 Å². The molecule has 2 nitrogen and oxygen atoms in total. The van der Waals surface area contributed by atoms with Crippen LogP contribution < -0.4 is 0 Å². The third kappa shape index (κ3) is 4.13. The van der Waals surface area contributed by atoms with Crippen LogP contribution in [-0.4, -0.2) is 9.97 Å². The van der Waals surface area contributed by atoms with Crippen LogP contribution in [0.1, 0.15) is 0 Å². The Bertz CT molecular complexity index is 2840. The molecule has 48 heavy (non-hydrogen) atoms. The molecule has 10 rings (SSSR count). The molecular formula is C46H28N2. The maximum Gasteiger partial charge on any atom is 0.0972 e. The molecule has 2 aromatic heterocycles. The molecule has 0 aliphatic heterocycles. The van der Waals surface area contributed by atoms with Gasteiger partial charge in [0, 0.05) is 22.5 Å². The summed E-state index contributed by atoms with van der Waals surface area (Å²) in [5, 5.41) is 12.2. The predicted molar refractivity (Wildman–Crippen MR) is 203 cm³/mol. The molecule has 0 spiro atoms. The van der Waals surface area contributed by atoms with E-state index in [9.17, 15) is 0 Å². The summed E-state index contributed by atoms with van der Waals surface area (Å²) in [6.45, 7) is 0. The Balaban J connectivity index is 1.15. The molecule has 8 aromatic carbocycles. The first-order valence-corrected chi connectivity index (χ1v) is 16.4. The molecule has 2 heteroatoms. The summed E-state index contributed by atoms with van der Waals surface area (Å²) in [7, 11) is 0. The van der Waals surface area contributed by atoms with Crippen LogP contribution in [0.25, 0.3) is 98.4 Å². The lowest BCUT2D eigenvalue weighted by atomic mass is 9.84. The second kappa shape index (κ2) is 10.6. The van der Waals surface area contributed by atoms with Gasteiger partial charge in [0.15, 0.2) is 0 Å². The standard InChI is InChI=1S/C46H28N2/c1-2-12-36-29(9-1)10-7-17-37(36)44-40-15-5-3-13-38(40)43(39-14-4-6-16-41(39)44)35-23-21-32-27-34(22-20-33(32)28-35)42-25-24-31-19-18-30-11-8-26-47-45(30)46(31)48-42/h1-28H. The summed E-state index contributed by atoms with van der Waals surface area (Å²) in [5.74, 6) is 0. The number of hydrogen-bond donors (Lipinski definition) is 0. The summed E-state index contributed by atoms with van der Waals surface area (Å²) in [6.07, 6.45) is 1.84. The Morgan fingerprint density at radius 1 is 0.333 bits per heavy atom. The van der Waals surface area contributed by atoms with Crippen LogP contribution in [0.4, 0.5) is 0 Å². The highest BCUT2D eigenvalue weighted by Crippen LogP contribution is 2.45. The molecule has 0 radical (unpaired) electrons. The van der Waals surface area contributed by atoms with Crippen molar-refractivity contribution in [3.63, 3.8) is 0 Å². The van der Waals surface area contributed by atoms with Crippen LogP contribution in [0.15, 0.2) is 170 Å². The number of fused-ring (bicyclic) bond motifs is 7. The van der Waals surface area contributed by atoms with Crippen molar-refractivity contribution in [3.8, 4) is 33.5 Å². The van der Waals surface area contributed by atoms with E-state index in [4.69, 9.17) is 4.98 Å². The molecule has 0 saturated heterocycles. The highest BCUT2D eigenvalue weighted by molar-refractivity contribution is 6.23. The van der Waals surface area contributed by atoms with Crippen LogP contribution in [-0.2, 0) is 0 Å². The molecule has 0 aliphatic carbocycles. The molecule has 0 N–H and O–H groups in total.